The van der Waals surface area contributed by atoms with Gasteiger partial charge in [-0.3, -0.25) is 4.79 Å². The van der Waals surface area contributed by atoms with Crippen LogP contribution in [0.25, 0.3) is 0 Å². The number of allylic oxidation sites excluding steroid dienone is 1. The second kappa shape index (κ2) is 4.73. The second-order valence-corrected chi connectivity index (χ2v) is 8.14. The van der Waals surface area contributed by atoms with Crippen molar-refractivity contribution in [1.82, 2.24) is 0 Å². The van der Waals surface area contributed by atoms with E-state index in [1.807, 2.05) is 6.08 Å². The molecular formula is C20H26O. The minimum absolute atomic E-state index is 0.369. The molecule has 0 aliphatic heterocycles. The van der Waals surface area contributed by atoms with Gasteiger partial charge in [0.1, 0.15) is 0 Å². The standard InChI is InChI=1S/C20H26O/c1-3-14-5-9-19-18-7-4-13-12-15(21)6-8-16(13)17(18)10-11-20(14,19)2/h1,12,14,16-19H,4-11H2,2H3/t14-,16-,17+,18+,19-,20+/m0/s1. The number of ketones is 1. The highest BCUT2D eigenvalue weighted by Crippen LogP contribution is 2.63. The Balaban J connectivity index is 1.63. The summed E-state index contributed by atoms with van der Waals surface area (Å²) in [6, 6.07) is 0. The van der Waals surface area contributed by atoms with E-state index in [1.165, 1.54) is 44.1 Å². The highest BCUT2D eigenvalue weighted by Gasteiger charge is 2.55. The fourth-order valence-electron chi connectivity index (χ4n) is 6.45. The molecule has 112 valence electrons. The molecule has 4 aliphatic rings. The van der Waals surface area contributed by atoms with Crippen molar-refractivity contribution in [3.8, 4) is 12.3 Å². The molecule has 0 aromatic heterocycles. The van der Waals surface area contributed by atoms with E-state index in [-0.39, 0.29) is 0 Å². The Bertz CT molecular complexity index is 537. The van der Waals surface area contributed by atoms with Crippen molar-refractivity contribution in [2.75, 3.05) is 0 Å². The molecule has 3 saturated carbocycles. The summed E-state index contributed by atoms with van der Waals surface area (Å²) in [5.41, 5.74) is 1.89. The van der Waals surface area contributed by atoms with Crippen LogP contribution in [0.15, 0.2) is 11.6 Å². The summed E-state index contributed by atoms with van der Waals surface area (Å²) in [6.07, 6.45) is 17.4. The Morgan fingerprint density at radius 1 is 1.14 bits per heavy atom. The molecule has 0 spiro atoms. The SMILES string of the molecule is C#C[C@H]1CC[C@H]2[C@@H]3CCC4=CC(=O)CC[C@@H]4[C@H]3CC[C@]12C. The Labute approximate surface area is 128 Å². The van der Waals surface area contributed by atoms with Crippen LogP contribution in [0.4, 0.5) is 0 Å². The zero-order valence-electron chi connectivity index (χ0n) is 13.1. The van der Waals surface area contributed by atoms with Crippen LogP contribution in [-0.2, 0) is 4.79 Å². The molecule has 0 radical (unpaired) electrons. The summed E-state index contributed by atoms with van der Waals surface area (Å²) >= 11 is 0. The average molecular weight is 282 g/mol. The monoisotopic (exact) mass is 282 g/mol. The van der Waals surface area contributed by atoms with E-state index in [9.17, 15) is 4.79 Å². The highest BCUT2D eigenvalue weighted by atomic mass is 16.1. The number of carbonyl (C=O) groups is 1. The quantitative estimate of drug-likeness (QED) is 0.603. The molecule has 0 amide bonds. The second-order valence-electron chi connectivity index (χ2n) is 8.14. The molecule has 0 aromatic carbocycles. The van der Waals surface area contributed by atoms with Gasteiger partial charge in [0, 0.05) is 12.3 Å². The number of carbonyl (C=O) groups excluding carboxylic acids is 1. The summed E-state index contributed by atoms with van der Waals surface area (Å²) in [7, 11) is 0. The lowest BCUT2D eigenvalue weighted by molar-refractivity contribution is -0.116. The van der Waals surface area contributed by atoms with Gasteiger partial charge in [-0.15, -0.1) is 12.3 Å². The predicted octanol–water partition coefficient (Wildman–Crippen LogP) is 4.38. The van der Waals surface area contributed by atoms with Crippen molar-refractivity contribution in [3.05, 3.63) is 11.6 Å². The minimum Gasteiger partial charge on any atom is -0.295 e. The molecule has 0 N–H and O–H groups in total. The molecule has 0 saturated heterocycles. The summed E-state index contributed by atoms with van der Waals surface area (Å²) in [6.45, 7) is 2.47. The Morgan fingerprint density at radius 3 is 2.81 bits per heavy atom. The Hall–Kier alpha value is -1.03. The lowest BCUT2D eigenvalue weighted by Crippen LogP contribution is -2.46. The minimum atomic E-state index is 0.369. The van der Waals surface area contributed by atoms with Crippen LogP contribution in [0, 0.1) is 47.3 Å². The van der Waals surface area contributed by atoms with Gasteiger partial charge in [-0.05, 0) is 80.1 Å². The van der Waals surface area contributed by atoms with Crippen molar-refractivity contribution in [2.24, 2.45) is 35.0 Å². The number of terminal acetylenes is 1. The first-order valence-electron chi connectivity index (χ1n) is 8.83. The number of hydrogen-bond donors (Lipinski definition) is 0. The van der Waals surface area contributed by atoms with Crippen molar-refractivity contribution in [3.63, 3.8) is 0 Å². The van der Waals surface area contributed by atoms with Gasteiger partial charge in [0.25, 0.3) is 0 Å². The molecule has 6 atom stereocenters. The largest absolute Gasteiger partial charge is 0.295 e. The van der Waals surface area contributed by atoms with Gasteiger partial charge < -0.3 is 0 Å². The zero-order chi connectivity index (χ0) is 14.6. The first kappa shape index (κ1) is 13.6. The predicted molar refractivity (Wildman–Crippen MR) is 84.4 cm³/mol. The molecule has 0 aromatic rings. The van der Waals surface area contributed by atoms with Crippen LogP contribution in [0.2, 0.25) is 0 Å². The van der Waals surface area contributed by atoms with E-state index < -0.39 is 0 Å². The Kier molecular flexibility index (Phi) is 3.07. The third kappa shape index (κ3) is 1.88. The summed E-state index contributed by atoms with van der Waals surface area (Å²) in [5.74, 6) is 7.26. The van der Waals surface area contributed by atoms with E-state index in [1.54, 1.807) is 0 Å². The summed E-state index contributed by atoms with van der Waals surface area (Å²) < 4.78 is 0. The van der Waals surface area contributed by atoms with E-state index in [0.717, 1.165) is 36.5 Å². The molecule has 1 heteroatoms. The van der Waals surface area contributed by atoms with Gasteiger partial charge >= 0.3 is 0 Å². The van der Waals surface area contributed by atoms with Crippen LogP contribution in [0.5, 0.6) is 0 Å². The maximum absolute atomic E-state index is 11.7. The molecular weight excluding hydrogens is 256 g/mol. The fourth-order valence-corrected chi connectivity index (χ4v) is 6.45. The maximum Gasteiger partial charge on any atom is 0.155 e. The van der Waals surface area contributed by atoms with E-state index in [4.69, 9.17) is 6.42 Å². The summed E-state index contributed by atoms with van der Waals surface area (Å²) in [4.78, 5) is 11.7. The van der Waals surface area contributed by atoms with Crippen molar-refractivity contribution in [1.29, 1.82) is 0 Å². The number of rotatable bonds is 0. The third-order valence-electron chi connectivity index (χ3n) is 7.50. The van der Waals surface area contributed by atoms with Crippen LogP contribution in [0.1, 0.15) is 58.3 Å². The van der Waals surface area contributed by atoms with Crippen molar-refractivity contribution < 1.29 is 4.79 Å². The van der Waals surface area contributed by atoms with Gasteiger partial charge in [-0.2, -0.15) is 0 Å². The van der Waals surface area contributed by atoms with E-state index in [2.05, 4.69) is 12.8 Å². The molecule has 4 rings (SSSR count). The molecule has 21 heavy (non-hydrogen) atoms. The van der Waals surface area contributed by atoms with Crippen LogP contribution in [0.3, 0.4) is 0 Å². The lowest BCUT2D eigenvalue weighted by atomic mass is 9.51. The first-order valence-corrected chi connectivity index (χ1v) is 8.83. The molecule has 0 heterocycles. The van der Waals surface area contributed by atoms with Gasteiger partial charge in [0.05, 0.1) is 0 Å². The molecule has 0 bridgehead atoms. The fraction of sp³-hybridized carbons (Fsp3) is 0.750. The third-order valence-corrected chi connectivity index (χ3v) is 7.50. The molecule has 3 fully saturated rings. The topological polar surface area (TPSA) is 17.1 Å². The smallest absolute Gasteiger partial charge is 0.155 e. The maximum atomic E-state index is 11.7. The van der Waals surface area contributed by atoms with E-state index >= 15 is 0 Å². The van der Waals surface area contributed by atoms with Gasteiger partial charge in [0.15, 0.2) is 5.78 Å². The molecule has 0 unspecified atom stereocenters. The Morgan fingerprint density at radius 2 is 2.00 bits per heavy atom. The van der Waals surface area contributed by atoms with Gasteiger partial charge in [0.2, 0.25) is 0 Å². The van der Waals surface area contributed by atoms with Crippen LogP contribution < -0.4 is 0 Å². The highest BCUT2D eigenvalue weighted by molar-refractivity contribution is 5.91. The summed E-state index contributed by atoms with van der Waals surface area (Å²) in [5, 5.41) is 0. The zero-order valence-corrected chi connectivity index (χ0v) is 13.1. The van der Waals surface area contributed by atoms with Crippen LogP contribution in [-0.4, -0.2) is 5.78 Å². The normalized spacial score (nSPS) is 48.7. The molecule has 4 aliphatic carbocycles. The lowest BCUT2D eigenvalue weighted by Gasteiger charge is -2.53. The van der Waals surface area contributed by atoms with Gasteiger partial charge in [-0.25, -0.2) is 0 Å². The van der Waals surface area contributed by atoms with Crippen molar-refractivity contribution >= 4 is 5.78 Å². The van der Waals surface area contributed by atoms with E-state index in [0.29, 0.717) is 17.1 Å². The van der Waals surface area contributed by atoms with Gasteiger partial charge in [-0.1, -0.05) is 12.5 Å². The first-order chi connectivity index (χ1) is 10.1. The molecule has 1 nitrogen and oxygen atoms in total. The average Bonchev–Trinajstić information content (AvgIpc) is 2.83. The number of hydrogen-bond acceptors (Lipinski definition) is 1. The van der Waals surface area contributed by atoms with Crippen LogP contribution >= 0.6 is 0 Å². The number of fused-ring (bicyclic) bond motifs is 5. The van der Waals surface area contributed by atoms with Crippen molar-refractivity contribution in [2.45, 2.75) is 58.3 Å².